The molecule has 0 saturated carbocycles. The molecule has 2 rings (SSSR count). The van der Waals surface area contributed by atoms with Crippen LogP contribution < -0.4 is 10.6 Å². The van der Waals surface area contributed by atoms with Crippen molar-refractivity contribution in [2.24, 2.45) is 5.16 Å². The molecule has 1 aromatic heterocycles. The number of carbonyl (C=O) groups is 2. The monoisotopic (exact) mass is 487 g/mol. The van der Waals surface area contributed by atoms with E-state index in [0.717, 1.165) is 6.21 Å². The van der Waals surface area contributed by atoms with Gasteiger partial charge in [-0.05, 0) is 24.3 Å². The van der Waals surface area contributed by atoms with E-state index in [0.29, 0.717) is 11.4 Å². The number of anilines is 1. The van der Waals surface area contributed by atoms with E-state index in [1.807, 2.05) is 0 Å². The maximum atomic E-state index is 12.6. The second-order valence-electron chi connectivity index (χ2n) is 7.11. The molecular formula is C21H32N7O6+. The number of amides is 2. The van der Waals surface area contributed by atoms with Gasteiger partial charge in [-0.1, -0.05) is 10.4 Å². The van der Waals surface area contributed by atoms with Gasteiger partial charge < -0.3 is 35.3 Å². The Balaban J connectivity index is 1.94. The standard InChI is InChI=1S/C21H31N7O6/c1-28(2,3)12-20(32)24-15-4-6-17(7-5-15)27-11-16(25-26-27)10-22-21(33)14-34-23-9-8-18(30)19(31)13-29/h4-7,9,11,18-19,29-31H,8,10,12-14H2,1-3H3,(H-,22,24,32,33)/p+1/t18-,19+/m0/s1/i1D3,2D3,3D3. The van der Waals surface area contributed by atoms with Crippen LogP contribution in [0.4, 0.5) is 5.69 Å². The summed E-state index contributed by atoms with van der Waals surface area (Å²) in [5, 5.41) is 43.6. The summed E-state index contributed by atoms with van der Waals surface area (Å²) in [5.41, 5.74) is 0.957. The predicted octanol–water partition coefficient (Wildman–Crippen LogP) is -1.37. The highest BCUT2D eigenvalue weighted by molar-refractivity contribution is 5.91. The predicted molar refractivity (Wildman–Crippen MR) is 123 cm³/mol. The molecule has 1 aromatic carbocycles. The van der Waals surface area contributed by atoms with Crippen LogP contribution in [0.5, 0.6) is 0 Å². The molecule has 13 nitrogen and oxygen atoms in total. The number of rotatable bonds is 13. The third-order valence-corrected chi connectivity index (χ3v) is 4.13. The number of nitrogens with zero attached hydrogens (tertiary/aromatic N) is 5. The molecule has 0 aliphatic carbocycles. The van der Waals surface area contributed by atoms with Crippen molar-refractivity contribution in [3.8, 4) is 5.69 Å². The van der Waals surface area contributed by atoms with Crippen molar-refractivity contribution < 1.29 is 46.6 Å². The quantitative estimate of drug-likeness (QED) is 0.131. The molecule has 2 amide bonds. The molecule has 0 fully saturated rings. The summed E-state index contributed by atoms with van der Waals surface area (Å²) < 4.78 is 67.4. The lowest BCUT2D eigenvalue weighted by atomic mass is 10.2. The molecule has 2 atom stereocenters. The second-order valence-corrected chi connectivity index (χ2v) is 7.11. The molecule has 0 radical (unpaired) electrons. The summed E-state index contributed by atoms with van der Waals surface area (Å²) in [4.78, 5) is 29.3. The number of aromatic nitrogens is 3. The molecule has 13 heteroatoms. The van der Waals surface area contributed by atoms with Crippen LogP contribution in [0.1, 0.15) is 24.5 Å². The van der Waals surface area contributed by atoms with E-state index in [4.69, 9.17) is 22.3 Å². The molecule has 0 saturated heterocycles. The summed E-state index contributed by atoms with van der Waals surface area (Å²) in [7, 11) is 0. The van der Waals surface area contributed by atoms with Gasteiger partial charge in [-0.3, -0.25) is 9.59 Å². The average Bonchev–Trinajstić information content (AvgIpc) is 3.37. The lowest BCUT2D eigenvalue weighted by Gasteiger charge is -2.22. The first kappa shape index (κ1) is 16.3. The minimum Gasteiger partial charge on any atom is -0.394 e. The number of likely N-dealkylation sites (N-methyl/N-ethyl adjacent to an activating group) is 1. The number of hydrogen-bond acceptors (Lipinski definition) is 9. The van der Waals surface area contributed by atoms with Gasteiger partial charge in [0.15, 0.2) is 13.2 Å². The zero-order valence-electron chi connectivity index (χ0n) is 27.0. The van der Waals surface area contributed by atoms with E-state index in [1.165, 1.54) is 35.1 Å². The molecule has 0 aliphatic heterocycles. The molecule has 0 spiro atoms. The van der Waals surface area contributed by atoms with Crippen molar-refractivity contribution >= 4 is 23.7 Å². The fraction of sp³-hybridized carbons (Fsp3) is 0.476. The summed E-state index contributed by atoms with van der Waals surface area (Å²) in [5.74, 6) is -1.68. The van der Waals surface area contributed by atoms with Gasteiger partial charge in [0.2, 0.25) is 0 Å². The summed E-state index contributed by atoms with van der Waals surface area (Å²) in [6, 6.07) is 5.78. The first-order valence-electron chi connectivity index (χ1n) is 14.4. The van der Waals surface area contributed by atoms with Gasteiger partial charge in [-0.25, -0.2) is 4.68 Å². The Bertz CT molecular complexity index is 1210. The van der Waals surface area contributed by atoms with Crippen LogP contribution in [0, 0.1) is 0 Å². The molecule has 34 heavy (non-hydrogen) atoms. The Kier molecular flexibility index (Phi) is 6.10. The van der Waals surface area contributed by atoms with Crippen LogP contribution >= 0.6 is 0 Å². The van der Waals surface area contributed by atoms with Gasteiger partial charge in [0, 0.05) is 18.3 Å². The first-order chi connectivity index (χ1) is 19.8. The minimum absolute atomic E-state index is 0.0159. The van der Waals surface area contributed by atoms with Gasteiger partial charge in [0.05, 0.1) is 64.4 Å². The highest BCUT2D eigenvalue weighted by Gasteiger charge is 2.15. The van der Waals surface area contributed by atoms with Crippen molar-refractivity contribution in [3.63, 3.8) is 0 Å². The van der Waals surface area contributed by atoms with Crippen molar-refractivity contribution in [1.82, 2.24) is 20.3 Å². The van der Waals surface area contributed by atoms with Gasteiger partial charge in [-0.15, -0.1) is 5.10 Å². The molecule has 5 N–H and O–H groups in total. The molecule has 0 aliphatic rings. The number of aliphatic hydroxyl groups is 3. The molecule has 186 valence electrons. The Morgan fingerprint density at radius 3 is 2.65 bits per heavy atom. The normalized spacial score (nSPS) is 18.5. The highest BCUT2D eigenvalue weighted by atomic mass is 16.6. The third-order valence-electron chi connectivity index (χ3n) is 4.13. The van der Waals surface area contributed by atoms with E-state index in [1.54, 1.807) is 0 Å². The molecule has 0 bridgehead atoms. The fourth-order valence-corrected chi connectivity index (χ4v) is 2.44. The van der Waals surface area contributed by atoms with Gasteiger partial charge in [0.1, 0.15) is 11.8 Å². The fourth-order valence-electron chi connectivity index (χ4n) is 2.44. The molecule has 1 heterocycles. The van der Waals surface area contributed by atoms with Crippen molar-refractivity contribution in [2.45, 2.75) is 25.2 Å². The van der Waals surface area contributed by atoms with E-state index in [-0.39, 0.29) is 18.7 Å². The topological polar surface area (TPSA) is 171 Å². The zero-order valence-corrected chi connectivity index (χ0v) is 18.0. The van der Waals surface area contributed by atoms with E-state index < -0.39 is 69.2 Å². The molecular weight excluding hydrogens is 446 g/mol. The number of oxime groups is 1. The largest absolute Gasteiger partial charge is 0.394 e. The average molecular weight is 488 g/mol. The number of benzene rings is 1. The second kappa shape index (κ2) is 12.7. The van der Waals surface area contributed by atoms with E-state index >= 15 is 0 Å². The van der Waals surface area contributed by atoms with Crippen molar-refractivity contribution in [1.29, 1.82) is 0 Å². The highest BCUT2D eigenvalue weighted by Crippen LogP contribution is 2.13. The smallest absolute Gasteiger partial charge is 0.279 e. The Hall–Kier alpha value is -3.39. The lowest BCUT2D eigenvalue weighted by molar-refractivity contribution is -0.861. The van der Waals surface area contributed by atoms with Crippen LogP contribution in [-0.4, -0.2) is 106 Å². The Morgan fingerprint density at radius 1 is 1.24 bits per heavy atom. The minimum atomic E-state index is -3.56. The summed E-state index contributed by atoms with van der Waals surface area (Å²) in [6.45, 7) is -13.1. The molecule has 0 unspecified atom stereocenters. The maximum Gasteiger partial charge on any atom is 0.279 e. The number of carbonyl (C=O) groups excluding carboxylic acids is 2. The van der Waals surface area contributed by atoms with Crippen molar-refractivity contribution in [3.05, 3.63) is 36.2 Å². The Morgan fingerprint density at radius 2 is 1.97 bits per heavy atom. The number of hydrogen-bond donors (Lipinski definition) is 5. The van der Waals surface area contributed by atoms with Gasteiger partial charge >= 0.3 is 0 Å². The van der Waals surface area contributed by atoms with Crippen LogP contribution in [-0.2, 0) is 21.0 Å². The SMILES string of the molecule is [2H]C([2H])([2H])[N+](CC(=O)Nc1ccc(-n2cc(CNC(=O)CON=CC[C@H](O)[C@H](O)CO)nn2)cc1)(C([2H])([2H])[2H])C([2H])([2H])[2H]. The maximum absolute atomic E-state index is 12.6. The number of quaternary nitrogens is 1. The summed E-state index contributed by atoms with van der Waals surface area (Å²) >= 11 is 0. The van der Waals surface area contributed by atoms with Gasteiger partial charge in [-0.2, -0.15) is 0 Å². The van der Waals surface area contributed by atoms with E-state index in [2.05, 4.69) is 26.1 Å². The van der Waals surface area contributed by atoms with Crippen LogP contribution in [0.2, 0.25) is 0 Å². The third kappa shape index (κ3) is 9.62. The zero-order chi connectivity index (χ0) is 32.6. The molecule has 2 aromatic rings. The van der Waals surface area contributed by atoms with Gasteiger partial charge in [0.25, 0.3) is 11.8 Å². The van der Waals surface area contributed by atoms with Crippen molar-refractivity contribution in [2.75, 3.05) is 46.0 Å². The number of nitrogens with one attached hydrogen (secondary N) is 2. The van der Waals surface area contributed by atoms with Crippen LogP contribution in [0.25, 0.3) is 5.69 Å². The van der Waals surface area contributed by atoms with Crippen LogP contribution in [0.15, 0.2) is 35.6 Å². The van der Waals surface area contributed by atoms with Crippen LogP contribution in [0.3, 0.4) is 0 Å². The lowest BCUT2D eigenvalue weighted by Crippen LogP contribution is -2.41. The van der Waals surface area contributed by atoms with E-state index in [9.17, 15) is 19.8 Å². The summed E-state index contributed by atoms with van der Waals surface area (Å²) in [6.07, 6.45) is -0.0206. The Labute approximate surface area is 209 Å². The number of aliphatic hydroxyl groups excluding tert-OH is 3. The first-order valence-corrected chi connectivity index (χ1v) is 9.90.